The maximum Gasteiger partial charge on any atom is 0.125 e. The van der Waals surface area contributed by atoms with Crippen LogP contribution < -0.4 is 23.8 Å². The van der Waals surface area contributed by atoms with E-state index in [-0.39, 0.29) is 16.5 Å². The molecule has 5 nitrogen and oxygen atoms in total. The van der Waals surface area contributed by atoms with Gasteiger partial charge in [-0.3, -0.25) is 0 Å². The van der Waals surface area contributed by atoms with Gasteiger partial charge < -0.3 is 74.4 Å². The van der Waals surface area contributed by atoms with Crippen molar-refractivity contribution in [1.82, 2.24) is 0 Å². The van der Waals surface area contributed by atoms with Crippen LogP contribution in [0.5, 0.6) is 23.0 Å². The number of anilines is 1. The minimum absolute atomic E-state index is 0. The minimum Gasteiger partial charge on any atom is -0.780 e. The van der Waals surface area contributed by atoms with Gasteiger partial charge in [-0.25, -0.2) is 0 Å². The summed E-state index contributed by atoms with van der Waals surface area (Å²) < 4.78 is 24.1. The second-order valence-electron chi connectivity index (χ2n) is 17.1. The van der Waals surface area contributed by atoms with Crippen molar-refractivity contribution < 1.29 is 35.4 Å². The summed E-state index contributed by atoms with van der Waals surface area (Å²) in [5.74, 6) is 5.46. The largest absolute Gasteiger partial charge is 0.780 e. The number of hydrogen-bond donors (Lipinski definition) is 0. The van der Waals surface area contributed by atoms with Crippen molar-refractivity contribution in [2.24, 2.45) is 23.7 Å². The van der Waals surface area contributed by atoms with E-state index in [4.69, 9.17) is 69.5 Å². The third-order valence-electron chi connectivity index (χ3n) is 9.60. The molecule has 0 atom stereocenters. The molecule has 4 aromatic rings. The first-order valence-corrected chi connectivity index (χ1v) is 22.9. The summed E-state index contributed by atoms with van der Waals surface area (Å²) in [6.07, 6.45) is 3.98. The SMILES string of the molecule is CC(C)CCOc1ccc(OCCC(C)C)c(/C([S-])=C(/[S-])c2ccc(N(C)C)cc2)c1.Cc1ccc(/C([S-])=C(/[S-])c2cc(OCCC(C)C)ccc2OCCC(C)C)cc1.[Ni]. The Bertz CT molecular complexity index is 1960. The molecule has 10 heteroatoms. The summed E-state index contributed by atoms with van der Waals surface area (Å²) >= 11 is 23.1. The quantitative estimate of drug-likeness (QED) is 0.0461. The van der Waals surface area contributed by atoms with E-state index in [1.807, 2.05) is 74.8 Å². The Kier molecular flexibility index (Phi) is 24.5. The molecule has 0 aliphatic rings. The number of nitrogens with zero attached hydrogens (tertiary/aromatic N) is 1. The normalized spacial score (nSPS) is 12.0. The van der Waals surface area contributed by atoms with E-state index < -0.39 is 0 Å². The molecule has 0 saturated carbocycles. The van der Waals surface area contributed by atoms with Gasteiger partial charge in [0.1, 0.15) is 23.0 Å². The van der Waals surface area contributed by atoms with Crippen molar-refractivity contribution in [1.29, 1.82) is 0 Å². The van der Waals surface area contributed by atoms with Crippen molar-refractivity contribution in [3.05, 3.63) is 113 Å². The van der Waals surface area contributed by atoms with Gasteiger partial charge in [0.2, 0.25) is 0 Å². The van der Waals surface area contributed by atoms with Gasteiger partial charge in [0, 0.05) is 36.3 Å². The molecule has 0 aromatic heterocycles. The average molecular weight is 945 g/mol. The molecule has 4 aromatic carbocycles. The summed E-state index contributed by atoms with van der Waals surface area (Å²) in [7, 11) is 4.03. The third-order valence-corrected chi connectivity index (χ3v) is 11.6. The third kappa shape index (κ3) is 18.9. The Morgan fingerprint density at radius 2 is 0.787 bits per heavy atom. The van der Waals surface area contributed by atoms with Gasteiger partial charge in [0.15, 0.2) is 0 Å². The molecule has 0 fully saturated rings. The maximum atomic E-state index is 6.09. The number of ether oxygens (including phenoxy) is 4. The van der Waals surface area contributed by atoms with Crippen molar-refractivity contribution in [3.8, 4) is 23.0 Å². The van der Waals surface area contributed by atoms with Crippen LogP contribution in [0.25, 0.3) is 19.6 Å². The second kappa shape index (κ2) is 27.7. The van der Waals surface area contributed by atoms with Crippen LogP contribution in [-0.4, -0.2) is 40.5 Å². The summed E-state index contributed by atoms with van der Waals surface area (Å²) in [5, 5.41) is 0. The molecule has 0 amide bonds. The van der Waals surface area contributed by atoms with Crippen LogP contribution >= 0.6 is 0 Å². The summed E-state index contributed by atoms with van der Waals surface area (Å²) in [4.78, 5) is 4.60. The topological polar surface area (TPSA) is 40.2 Å². The zero-order valence-electron chi connectivity index (χ0n) is 38.1. The van der Waals surface area contributed by atoms with Gasteiger partial charge in [0.25, 0.3) is 0 Å². The molecule has 0 radical (unpaired) electrons. The predicted octanol–water partition coefficient (Wildman–Crippen LogP) is 13.3. The second-order valence-corrected chi connectivity index (χ2v) is 18.7. The molecule has 0 spiro atoms. The minimum atomic E-state index is 0. The van der Waals surface area contributed by atoms with Gasteiger partial charge in [0.05, 0.1) is 26.4 Å². The Labute approximate surface area is 401 Å². The summed E-state index contributed by atoms with van der Waals surface area (Å²) in [5.41, 5.74) is 5.86. The van der Waals surface area contributed by atoms with Gasteiger partial charge in [-0.05, 0) is 127 Å². The molecule has 338 valence electrons. The van der Waals surface area contributed by atoms with E-state index in [0.29, 0.717) is 69.7 Å². The molecule has 0 heterocycles. The molecular formula is C51H67NNiO4S4-4. The Hall–Kier alpha value is -3.27. The van der Waals surface area contributed by atoms with Gasteiger partial charge in [-0.15, -0.1) is 0 Å². The Balaban J connectivity index is 0.000000414. The number of rotatable bonds is 21. The number of benzene rings is 4. The van der Waals surface area contributed by atoms with E-state index in [1.165, 1.54) is 5.56 Å². The van der Waals surface area contributed by atoms with E-state index in [1.54, 1.807) is 0 Å². The van der Waals surface area contributed by atoms with Crippen molar-refractivity contribution in [2.45, 2.75) is 88.0 Å². The van der Waals surface area contributed by atoms with Crippen LogP contribution in [0, 0.1) is 30.6 Å². The van der Waals surface area contributed by atoms with E-state index in [9.17, 15) is 0 Å². The fourth-order valence-electron chi connectivity index (χ4n) is 5.56. The van der Waals surface area contributed by atoms with Crippen LogP contribution in [0.3, 0.4) is 0 Å². The monoisotopic (exact) mass is 943 g/mol. The molecule has 0 N–H and O–H groups in total. The standard InChI is InChI=1S/C26H37NO2S2.C25H34O2S2.Ni/c1-18(2)13-15-28-22-11-12-24(29-16-14-19(3)4)23(17-22)26(31)25(30)20-7-9-21(10-8-20)27(5)6;1-17(2)12-14-26-21-10-11-23(27-15-13-18(3)4)22(16-21)25(29)24(28)20-8-6-19(5)7-9-20;/h7-12,17-19,30-31H,13-16H2,1-6H3;6-11,16-18,28-29H,12-15H2,1-5H3;/p-4/b26-25-;25-24-;. The zero-order valence-corrected chi connectivity index (χ0v) is 42.3. The molecule has 61 heavy (non-hydrogen) atoms. The van der Waals surface area contributed by atoms with Crippen LogP contribution in [0.15, 0.2) is 84.9 Å². The van der Waals surface area contributed by atoms with Crippen molar-refractivity contribution in [2.75, 3.05) is 45.4 Å². The summed E-state index contributed by atoms with van der Waals surface area (Å²) in [6.45, 7) is 22.2. The molecule has 0 aliphatic carbocycles. The molecule has 0 bridgehead atoms. The van der Waals surface area contributed by atoms with Crippen LogP contribution in [0.1, 0.15) is 109 Å². The molecular weight excluding hydrogens is 878 g/mol. The fraction of sp³-hybridized carbons (Fsp3) is 0.451. The van der Waals surface area contributed by atoms with Crippen LogP contribution in [-0.2, 0) is 67.0 Å². The number of aryl methyl sites for hydroxylation is 1. The van der Waals surface area contributed by atoms with E-state index in [0.717, 1.165) is 76.6 Å². The van der Waals surface area contributed by atoms with E-state index >= 15 is 0 Å². The van der Waals surface area contributed by atoms with Gasteiger partial charge >= 0.3 is 0 Å². The fourth-order valence-corrected chi connectivity index (χ4v) is 6.61. The molecule has 0 unspecified atom stereocenters. The number of hydrogen-bond acceptors (Lipinski definition) is 9. The zero-order chi connectivity index (χ0) is 44.4. The predicted molar refractivity (Wildman–Crippen MR) is 268 cm³/mol. The first-order valence-electron chi connectivity index (χ1n) is 21.3. The van der Waals surface area contributed by atoms with Crippen LogP contribution in [0.4, 0.5) is 5.69 Å². The Morgan fingerprint density at radius 3 is 1.11 bits per heavy atom. The molecule has 0 saturated heterocycles. The van der Waals surface area contributed by atoms with Crippen molar-refractivity contribution in [3.63, 3.8) is 0 Å². The Morgan fingerprint density at radius 1 is 0.459 bits per heavy atom. The average Bonchev–Trinajstić information content (AvgIpc) is 3.20. The first kappa shape index (κ1) is 53.9. The van der Waals surface area contributed by atoms with Gasteiger partial charge in [-0.1, -0.05) is 97.4 Å². The smallest absolute Gasteiger partial charge is 0.125 e. The van der Waals surface area contributed by atoms with E-state index in [2.05, 4.69) is 91.5 Å². The maximum absolute atomic E-state index is 6.09. The molecule has 4 rings (SSSR count). The first-order chi connectivity index (χ1) is 28.5. The summed E-state index contributed by atoms with van der Waals surface area (Å²) in [6, 6.07) is 28.0. The molecule has 0 aliphatic heterocycles. The van der Waals surface area contributed by atoms with Gasteiger partial charge in [-0.2, -0.15) is 19.6 Å². The van der Waals surface area contributed by atoms with Crippen LogP contribution in [0.2, 0.25) is 0 Å². The van der Waals surface area contributed by atoms with Crippen molar-refractivity contribution >= 4 is 75.8 Å².